The maximum atomic E-state index is 6.28. The Balaban J connectivity index is 1.98. The normalized spacial score (nSPS) is 17.8. The Morgan fingerprint density at radius 3 is 2.60 bits per heavy atom. The molecule has 4 nitrogen and oxygen atoms in total. The first kappa shape index (κ1) is 13.6. The van der Waals surface area contributed by atoms with Gasteiger partial charge in [-0.2, -0.15) is 4.98 Å². The molecule has 0 radical (unpaired) electrons. The highest BCUT2D eigenvalue weighted by atomic mass is 35.5. The summed E-state index contributed by atoms with van der Waals surface area (Å²) in [6.07, 6.45) is 2.95. The molecule has 1 heterocycles. The second kappa shape index (κ2) is 4.57. The average molecular weight is 292 g/mol. The largest absolute Gasteiger partial charge is 0.338 e. The number of nitrogens with two attached hydrogens (primary N) is 1. The lowest BCUT2D eigenvalue weighted by Crippen LogP contribution is -2.44. The summed E-state index contributed by atoms with van der Waals surface area (Å²) in [6, 6.07) is 7.71. The van der Waals surface area contributed by atoms with E-state index in [-0.39, 0.29) is 0 Å². The lowest BCUT2D eigenvalue weighted by molar-refractivity contribution is 0.228. The van der Waals surface area contributed by atoms with Crippen LogP contribution in [0.5, 0.6) is 0 Å². The van der Waals surface area contributed by atoms with Crippen molar-refractivity contribution in [3.05, 3.63) is 46.6 Å². The fourth-order valence-corrected chi connectivity index (χ4v) is 2.92. The monoisotopic (exact) mass is 291 g/mol. The molecule has 0 aliphatic heterocycles. The second-order valence-corrected chi connectivity index (χ2v) is 6.44. The van der Waals surface area contributed by atoms with E-state index >= 15 is 0 Å². The maximum absolute atomic E-state index is 6.28. The van der Waals surface area contributed by atoms with Crippen LogP contribution < -0.4 is 5.73 Å². The molecule has 5 heteroatoms. The maximum Gasteiger partial charge on any atom is 0.236 e. The van der Waals surface area contributed by atoms with Gasteiger partial charge in [0.05, 0.1) is 11.0 Å². The van der Waals surface area contributed by atoms with Crippen molar-refractivity contribution in [2.45, 2.75) is 44.1 Å². The molecule has 0 bridgehead atoms. The Hall–Kier alpha value is -1.39. The van der Waals surface area contributed by atoms with Gasteiger partial charge in [0.2, 0.25) is 5.89 Å². The summed E-state index contributed by atoms with van der Waals surface area (Å²) in [5.74, 6) is 1.16. The highest BCUT2D eigenvalue weighted by Crippen LogP contribution is 2.39. The standard InChI is InChI=1S/C15H18ClN3O/c1-14(2,10-6-3-4-7-11(10)16)13-18-12(19-20-13)15(17)8-5-9-15/h3-4,6-7H,5,8-9,17H2,1-2H3. The van der Waals surface area contributed by atoms with Crippen molar-refractivity contribution in [1.29, 1.82) is 0 Å². The minimum atomic E-state index is -0.441. The number of rotatable bonds is 3. The molecular weight excluding hydrogens is 274 g/mol. The molecule has 0 unspecified atom stereocenters. The first-order valence-electron chi connectivity index (χ1n) is 6.82. The molecule has 2 aromatic rings. The molecule has 1 aromatic heterocycles. The molecule has 0 saturated heterocycles. The zero-order chi connectivity index (χ0) is 14.4. The van der Waals surface area contributed by atoms with Crippen LogP contribution in [0, 0.1) is 0 Å². The zero-order valence-electron chi connectivity index (χ0n) is 11.7. The third kappa shape index (κ3) is 2.03. The Labute approximate surface area is 123 Å². The Bertz CT molecular complexity index is 632. The van der Waals surface area contributed by atoms with E-state index in [9.17, 15) is 0 Å². The van der Waals surface area contributed by atoms with Crippen LogP contribution >= 0.6 is 11.6 Å². The van der Waals surface area contributed by atoms with Crippen LogP contribution in [0.1, 0.15) is 50.4 Å². The van der Waals surface area contributed by atoms with Crippen molar-refractivity contribution in [3.8, 4) is 0 Å². The molecule has 1 aliphatic carbocycles. The molecule has 1 aliphatic rings. The van der Waals surface area contributed by atoms with E-state index in [1.807, 2.05) is 38.1 Å². The molecule has 1 aromatic carbocycles. The summed E-state index contributed by atoms with van der Waals surface area (Å²) >= 11 is 6.28. The van der Waals surface area contributed by atoms with Crippen molar-refractivity contribution in [3.63, 3.8) is 0 Å². The van der Waals surface area contributed by atoms with Crippen LogP contribution in [0.25, 0.3) is 0 Å². The summed E-state index contributed by atoms with van der Waals surface area (Å²) in [5.41, 5.74) is 6.36. The molecule has 0 spiro atoms. The van der Waals surface area contributed by atoms with Gasteiger partial charge in [-0.25, -0.2) is 0 Å². The van der Waals surface area contributed by atoms with Gasteiger partial charge in [-0.3, -0.25) is 0 Å². The number of benzene rings is 1. The van der Waals surface area contributed by atoms with Gasteiger partial charge in [-0.15, -0.1) is 0 Å². The van der Waals surface area contributed by atoms with Gasteiger partial charge in [0.25, 0.3) is 0 Å². The van der Waals surface area contributed by atoms with Gasteiger partial charge >= 0.3 is 0 Å². The number of aromatic nitrogens is 2. The molecule has 1 fully saturated rings. The van der Waals surface area contributed by atoms with E-state index in [2.05, 4.69) is 10.1 Å². The fraction of sp³-hybridized carbons (Fsp3) is 0.467. The van der Waals surface area contributed by atoms with Gasteiger partial charge in [-0.05, 0) is 44.7 Å². The molecule has 0 amide bonds. The fourth-order valence-electron chi connectivity index (χ4n) is 2.54. The molecule has 20 heavy (non-hydrogen) atoms. The van der Waals surface area contributed by atoms with Crippen molar-refractivity contribution < 1.29 is 4.52 Å². The number of hydrogen-bond acceptors (Lipinski definition) is 4. The summed E-state index contributed by atoms with van der Waals surface area (Å²) in [4.78, 5) is 4.53. The van der Waals surface area contributed by atoms with E-state index < -0.39 is 11.0 Å². The van der Waals surface area contributed by atoms with Gasteiger partial charge in [0.15, 0.2) is 5.82 Å². The summed E-state index contributed by atoms with van der Waals surface area (Å²) in [7, 11) is 0. The highest BCUT2D eigenvalue weighted by Gasteiger charge is 2.41. The van der Waals surface area contributed by atoms with Crippen LogP contribution in [-0.4, -0.2) is 10.1 Å². The van der Waals surface area contributed by atoms with Gasteiger partial charge < -0.3 is 10.3 Å². The van der Waals surface area contributed by atoms with Crippen LogP contribution in [-0.2, 0) is 11.0 Å². The lowest BCUT2D eigenvalue weighted by atomic mass is 9.77. The third-order valence-electron chi connectivity index (χ3n) is 4.20. The molecule has 3 rings (SSSR count). The zero-order valence-corrected chi connectivity index (χ0v) is 12.4. The topological polar surface area (TPSA) is 64.9 Å². The van der Waals surface area contributed by atoms with Crippen LogP contribution in [0.2, 0.25) is 5.02 Å². The van der Waals surface area contributed by atoms with E-state index in [1.165, 1.54) is 0 Å². The average Bonchev–Trinajstić information content (AvgIpc) is 2.87. The molecular formula is C15H18ClN3O. The molecule has 2 N–H and O–H groups in total. The first-order chi connectivity index (χ1) is 9.43. The van der Waals surface area contributed by atoms with E-state index in [1.54, 1.807) is 0 Å². The summed E-state index contributed by atoms with van der Waals surface area (Å²) < 4.78 is 5.46. The van der Waals surface area contributed by atoms with Crippen molar-refractivity contribution >= 4 is 11.6 Å². The minimum absolute atomic E-state index is 0.404. The number of halogens is 1. The van der Waals surface area contributed by atoms with E-state index in [0.29, 0.717) is 16.7 Å². The lowest BCUT2D eigenvalue weighted by Gasteiger charge is -2.34. The van der Waals surface area contributed by atoms with Crippen LogP contribution in [0.3, 0.4) is 0 Å². The Morgan fingerprint density at radius 2 is 2.00 bits per heavy atom. The van der Waals surface area contributed by atoms with Crippen molar-refractivity contribution in [1.82, 2.24) is 10.1 Å². The quantitative estimate of drug-likeness (QED) is 0.941. The van der Waals surface area contributed by atoms with Gasteiger partial charge in [-0.1, -0.05) is 35.0 Å². The van der Waals surface area contributed by atoms with Crippen molar-refractivity contribution in [2.75, 3.05) is 0 Å². The number of nitrogens with zero attached hydrogens (tertiary/aromatic N) is 2. The highest BCUT2D eigenvalue weighted by molar-refractivity contribution is 6.31. The molecule has 1 saturated carbocycles. The number of hydrogen-bond donors (Lipinski definition) is 1. The second-order valence-electron chi connectivity index (χ2n) is 6.04. The third-order valence-corrected chi connectivity index (χ3v) is 4.53. The smallest absolute Gasteiger partial charge is 0.236 e. The molecule has 106 valence electrons. The van der Waals surface area contributed by atoms with Crippen LogP contribution in [0.15, 0.2) is 28.8 Å². The first-order valence-corrected chi connectivity index (χ1v) is 7.20. The Kier molecular flexibility index (Phi) is 3.10. The van der Waals surface area contributed by atoms with Gasteiger partial charge in [0, 0.05) is 5.02 Å². The SMILES string of the molecule is CC(C)(c1nc(C2(N)CCC2)no1)c1ccccc1Cl. The van der Waals surface area contributed by atoms with E-state index in [0.717, 1.165) is 24.8 Å². The predicted octanol–water partition coefficient (Wildman–Crippen LogP) is 3.39. The van der Waals surface area contributed by atoms with Crippen molar-refractivity contribution in [2.24, 2.45) is 5.73 Å². The minimum Gasteiger partial charge on any atom is -0.338 e. The van der Waals surface area contributed by atoms with Gasteiger partial charge in [0.1, 0.15) is 0 Å². The Morgan fingerprint density at radius 1 is 1.30 bits per heavy atom. The van der Waals surface area contributed by atoms with Crippen LogP contribution in [0.4, 0.5) is 0 Å². The predicted molar refractivity (Wildman–Crippen MR) is 77.6 cm³/mol. The van der Waals surface area contributed by atoms with E-state index in [4.69, 9.17) is 21.9 Å². The summed E-state index contributed by atoms with van der Waals surface area (Å²) in [6.45, 7) is 4.05. The molecule has 0 atom stereocenters. The summed E-state index contributed by atoms with van der Waals surface area (Å²) in [5, 5.41) is 4.77.